The smallest absolute Gasteiger partial charge is 0.400 e. The number of carbonyl (C=O) groups excluding carboxylic acids is 1. The molecule has 1 N–H and O–H groups in total. The Bertz CT molecular complexity index is 1220. The lowest BCUT2D eigenvalue weighted by Gasteiger charge is -2.39. The fourth-order valence-electron chi connectivity index (χ4n) is 5.33. The van der Waals surface area contributed by atoms with Crippen LogP contribution in [0.1, 0.15) is 56.2 Å². The molecular formula is C22H26N4O6S. The van der Waals surface area contributed by atoms with E-state index < -0.39 is 26.7 Å². The van der Waals surface area contributed by atoms with E-state index in [-0.39, 0.29) is 33.1 Å². The number of hydrogen-bond donors (Lipinski definition) is 1. The molecular weight excluding hydrogens is 448 g/mol. The van der Waals surface area contributed by atoms with Crippen LogP contribution in [-0.4, -0.2) is 42.4 Å². The monoisotopic (exact) mass is 474 g/mol. The summed E-state index contributed by atoms with van der Waals surface area (Å²) in [6.45, 7) is 7.05. The minimum absolute atomic E-state index is 0.0153. The molecule has 176 valence electrons. The van der Waals surface area contributed by atoms with Gasteiger partial charge in [0.2, 0.25) is 10.0 Å². The number of hydrogen-bond acceptors (Lipinski definition) is 7. The van der Waals surface area contributed by atoms with Gasteiger partial charge in [0.25, 0.3) is 5.91 Å². The topological polar surface area (TPSA) is 135 Å². The van der Waals surface area contributed by atoms with Crippen LogP contribution in [0.3, 0.4) is 0 Å². The van der Waals surface area contributed by atoms with Crippen molar-refractivity contribution >= 4 is 28.0 Å². The Morgan fingerprint density at radius 2 is 1.91 bits per heavy atom. The first-order valence-electron chi connectivity index (χ1n) is 10.6. The Hall–Kier alpha value is -3.05. The van der Waals surface area contributed by atoms with E-state index in [1.165, 1.54) is 36.4 Å². The highest BCUT2D eigenvalue weighted by Gasteiger charge is 2.53. The van der Waals surface area contributed by atoms with Gasteiger partial charge in [-0.25, -0.2) is 13.8 Å². The molecule has 33 heavy (non-hydrogen) atoms. The Kier molecular flexibility index (Phi) is 5.65. The Morgan fingerprint density at radius 1 is 1.21 bits per heavy atom. The molecule has 1 aromatic carbocycles. The second kappa shape index (κ2) is 8.07. The highest BCUT2D eigenvalue weighted by atomic mass is 32.2. The fraction of sp³-hybridized carbons (Fsp3) is 0.455. The van der Waals surface area contributed by atoms with E-state index in [9.17, 15) is 23.3 Å². The van der Waals surface area contributed by atoms with Crippen molar-refractivity contribution in [2.24, 2.45) is 15.9 Å². The molecule has 1 saturated carbocycles. The van der Waals surface area contributed by atoms with Crippen molar-refractivity contribution in [3.63, 3.8) is 0 Å². The van der Waals surface area contributed by atoms with Gasteiger partial charge in [-0.3, -0.25) is 14.9 Å². The van der Waals surface area contributed by atoms with Crippen molar-refractivity contribution in [1.82, 2.24) is 9.73 Å². The Balaban J connectivity index is 1.43. The van der Waals surface area contributed by atoms with Crippen LogP contribution in [0.2, 0.25) is 0 Å². The maximum Gasteiger partial charge on any atom is 0.433 e. The van der Waals surface area contributed by atoms with Crippen LogP contribution in [0.25, 0.3) is 0 Å². The quantitative estimate of drug-likeness (QED) is 0.386. The maximum atomic E-state index is 13.3. The first-order chi connectivity index (χ1) is 15.4. The van der Waals surface area contributed by atoms with Gasteiger partial charge in [0.05, 0.1) is 17.2 Å². The molecule has 0 spiro atoms. The van der Waals surface area contributed by atoms with Crippen molar-refractivity contribution < 1.29 is 22.6 Å². The number of sulfonamides is 1. The number of hydrazone groups is 1. The molecule has 1 aromatic heterocycles. The highest BCUT2D eigenvalue weighted by molar-refractivity contribution is 7.89. The largest absolute Gasteiger partial charge is 0.433 e. The molecule has 11 heteroatoms. The fourth-order valence-corrected chi connectivity index (χ4v) is 7.11. The molecule has 1 amide bonds. The van der Waals surface area contributed by atoms with E-state index in [0.29, 0.717) is 6.54 Å². The van der Waals surface area contributed by atoms with E-state index in [4.69, 9.17) is 4.42 Å². The number of amides is 1. The lowest BCUT2D eigenvalue weighted by atomic mass is 9.65. The molecule has 1 aliphatic carbocycles. The minimum Gasteiger partial charge on any atom is -0.400 e. The second-order valence-corrected chi connectivity index (χ2v) is 11.8. The average Bonchev–Trinajstić information content (AvgIpc) is 3.29. The summed E-state index contributed by atoms with van der Waals surface area (Å²) >= 11 is 0. The van der Waals surface area contributed by atoms with Crippen molar-refractivity contribution in [1.29, 1.82) is 0 Å². The summed E-state index contributed by atoms with van der Waals surface area (Å²) in [5.74, 6) is -0.877. The summed E-state index contributed by atoms with van der Waals surface area (Å²) < 4.78 is 33.2. The summed E-state index contributed by atoms with van der Waals surface area (Å²) in [4.78, 5) is 22.4. The summed E-state index contributed by atoms with van der Waals surface area (Å²) in [6.07, 6.45) is 3.83. The molecule has 1 saturated heterocycles. The molecule has 2 atom stereocenters. The average molecular weight is 475 g/mol. The van der Waals surface area contributed by atoms with Gasteiger partial charge in [-0.2, -0.15) is 9.41 Å². The van der Waals surface area contributed by atoms with Gasteiger partial charge in [-0.05, 0) is 60.4 Å². The van der Waals surface area contributed by atoms with Crippen molar-refractivity contribution in [2.75, 3.05) is 6.54 Å². The normalized spacial score (nSPS) is 24.8. The molecule has 2 aliphatic rings. The second-order valence-electron chi connectivity index (χ2n) is 9.92. The summed E-state index contributed by atoms with van der Waals surface area (Å²) in [5.41, 5.74) is 2.59. The molecule has 2 heterocycles. The minimum atomic E-state index is -3.68. The van der Waals surface area contributed by atoms with Gasteiger partial charge in [0.15, 0.2) is 5.76 Å². The van der Waals surface area contributed by atoms with E-state index >= 15 is 0 Å². The van der Waals surface area contributed by atoms with E-state index in [1.807, 2.05) is 0 Å². The van der Waals surface area contributed by atoms with Gasteiger partial charge in [-0.1, -0.05) is 20.8 Å². The number of nitro groups is 1. The Morgan fingerprint density at radius 3 is 2.55 bits per heavy atom. The molecule has 4 rings (SSSR count). The van der Waals surface area contributed by atoms with Gasteiger partial charge in [0.1, 0.15) is 4.92 Å². The number of rotatable bonds is 6. The standard InChI is InChI=1S/C22H26N4O6S/c1-21(2)10-16-11-22(3,13-21)14-25(16)33(30,31)18-7-4-15(5-8-18)20(27)24-23-12-17-6-9-19(32-17)26(28)29/h4-9,12,16H,10-11,13-14H2,1-3H3,(H,24,27)/b23-12-/t16-,22-/m0/s1. The molecule has 0 unspecified atom stereocenters. The van der Waals surface area contributed by atoms with Crippen molar-refractivity contribution in [2.45, 2.75) is 51.0 Å². The maximum absolute atomic E-state index is 13.3. The van der Waals surface area contributed by atoms with Gasteiger partial charge in [-0.15, -0.1) is 0 Å². The van der Waals surface area contributed by atoms with Crippen LogP contribution in [0, 0.1) is 20.9 Å². The molecule has 0 radical (unpaired) electrons. The highest BCUT2D eigenvalue weighted by Crippen LogP contribution is 2.53. The molecule has 10 nitrogen and oxygen atoms in total. The number of nitrogens with zero attached hydrogens (tertiary/aromatic N) is 3. The van der Waals surface area contributed by atoms with E-state index in [1.54, 1.807) is 4.31 Å². The van der Waals surface area contributed by atoms with Crippen molar-refractivity contribution in [3.8, 4) is 0 Å². The third kappa shape index (κ3) is 4.69. The lowest BCUT2D eigenvalue weighted by molar-refractivity contribution is -0.402. The van der Waals surface area contributed by atoms with Crippen LogP contribution in [0.4, 0.5) is 5.88 Å². The third-order valence-corrected chi connectivity index (χ3v) is 8.15. The Labute approximate surface area is 191 Å². The van der Waals surface area contributed by atoms with Crippen LogP contribution in [0.15, 0.2) is 50.8 Å². The zero-order chi connectivity index (χ0) is 24.0. The van der Waals surface area contributed by atoms with Crippen LogP contribution in [-0.2, 0) is 10.0 Å². The summed E-state index contributed by atoms with van der Waals surface area (Å²) in [6, 6.07) is 8.24. The van der Waals surface area contributed by atoms with Gasteiger partial charge >= 0.3 is 5.88 Å². The number of carbonyl (C=O) groups is 1. The number of fused-ring (bicyclic) bond motifs is 2. The summed E-state index contributed by atoms with van der Waals surface area (Å²) in [5, 5.41) is 14.3. The molecule has 2 bridgehead atoms. The number of benzene rings is 1. The third-order valence-electron chi connectivity index (χ3n) is 6.24. The zero-order valence-corrected chi connectivity index (χ0v) is 19.5. The van der Waals surface area contributed by atoms with Crippen LogP contribution < -0.4 is 5.43 Å². The predicted molar refractivity (Wildman–Crippen MR) is 120 cm³/mol. The number of furan rings is 1. The van der Waals surface area contributed by atoms with E-state index in [0.717, 1.165) is 25.5 Å². The van der Waals surface area contributed by atoms with E-state index in [2.05, 4.69) is 31.3 Å². The zero-order valence-electron chi connectivity index (χ0n) is 18.6. The SMILES string of the molecule is CC1(C)C[C@H]2C[C@](C)(CN2S(=O)(=O)c2ccc(C(=O)N/N=C\c3ccc([N+](=O)[O-])o3)cc2)C1. The molecule has 1 aliphatic heterocycles. The first-order valence-corrected chi connectivity index (χ1v) is 12.0. The van der Waals surface area contributed by atoms with Crippen LogP contribution in [0.5, 0.6) is 0 Å². The van der Waals surface area contributed by atoms with Gasteiger partial charge < -0.3 is 4.42 Å². The molecule has 2 fully saturated rings. The first kappa shape index (κ1) is 23.1. The molecule has 2 aromatic rings. The number of nitrogens with one attached hydrogen (secondary N) is 1. The predicted octanol–water partition coefficient (Wildman–Crippen LogP) is 3.54. The van der Waals surface area contributed by atoms with Crippen molar-refractivity contribution in [3.05, 3.63) is 57.8 Å². The van der Waals surface area contributed by atoms with Crippen LogP contribution >= 0.6 is 0 Å². The van der Waals surface area contributed by atoms with Gasteiger partial charge in [0, 0.05) is 18.2 Å². The lowest BCUT2D eigenvalue weighted by Crippen LogP contribution is -2.37. The summed E-state index contributed by atoms with van der Waals surface area (Å²) in [7, 11) is -3.68.